The van der Waals surface area contributed by atoms with E-state index in [9.17, 15) is 0 Å². The van der Waals surface area contributed by atoms with Crippen LogP contribution >= 0.6 is 0 Å². The third kappa shape index (κ3) is 2.63. The van der Waals surface area contributed by atoms with Crippen LogP contribution in [0.4, 0.5) is 0 Å². The molecule has 0 atom stereocenters. The third-order valence-electron chi connectivity index (χ3n) is 3.35. The number of rotatable bonds is 4. The molecule has 0 radical (unpaired) electrons. The van der Waals surface area contributed by atoms with Crippen LogP contribution in [0.2, 0.25) is 0 Å². The lowest BCUT2D eigenvalue weighted by atomic mass is 9.86. The molecule has 16 heavy (non-hydrogen) atoms. The molecule has 1 aromatic rings. The number of likely N-dealkylation sites (tertiary alicyclic amines) is 1. The van der Waals surface area contributed by atoms with E-state index in [0.29, 0.717) is 0 Å². The maximum absolute atomic E-state index is 6.24. The Morgan fingerprint density at radius 3 is 2.44 bits per heavy atom. The standard InChI is InChI=1S/C14H22N2/c1-3-8-14(15)10-16(11-14)9-13-6-4-12(2)5-7-13/h4-7H,3,8-11,15H2,1-2H3. The molecule has 0 amide bonds. The predicted octanol–water partition coefficient (Wildman–Crippen LogP) is 2.31. The molecule has 1 aromatic carbocycles. The van der Waals surface area contributed by atoms with Crippen LogP contribution in [0.1, 0.15) is 30.9 Å². The molecule has 1 aliphatic heterocycles. The van der Waals surface area contributed by atoms with E-state index in [2.05, 4.69) is 43.0 Å². The maximum Gasteiger partial charge on any atom is 0.0412 e. The summed E-state index contributed by atoms with van der Waals surface area (Å²) in [6.45, 7) is 7.48. The predicted molar refractivity (Wildman–Crippen MR) is 68.3 cm³/mol. The van der Waals surface area contributed by atoms with Crippen molar-refractivity contribution in [2.45, 2.75) is 38.8 Å². The summed E-state index contributed by atoms with van der Waals surface area (Å²) in [5.41, 5.74) is 9.05. The zero-order valence-electron chi connectivity index (χ0n) is 10.4. The quantitative estimate of drug-likeness (QED) is 0.840. The average molecular weight is 218 g/mol. The summed E-state index contributed by atoms with van der Waals surface area (Å²) in [6, 6.07) is 8.78. The number of nitrogens with zero attached hydrogens (tertiary/aromatic N) is 1. The summed E-state index contributed by atoms with van der Waals surface area (Å²) in [5, 5.41) is 0. The topological polar surface area (TPSA) is 29.3 Å². The van der Waals surface area contributed by atoms with Gasteiger partial charge >= 0.3 is 0 Å². The number of hydrogen-bond acceptors (Lipinski definition) is 2. The van der Waals surface area contributed by atoms with Crippen molar-refractivity contribution in [3.63, 3.8) is 0 Å². The number of nitrogens with two attached hydrogens (primary N) is 1. The van der Waals surface area contributed by atoms with Gasteiger partial charge in [-0.2, -0.15) is 0 Å². The van der Waals surface area contributed by atoms with Crippen LogP contribution < -0.4 is 5.73 Å². The maximum atomic E-state index is 6.24. The molecular formula is C14H22N2. The minimum atomic E-state index is 0.0967. The Kier molecular flexibility index (Phi) is 3.31. The first-order chi connectivity index (χ1) is 7.61. The second-order valence-electron chi connectivity index (χ2n) is 5.24. The van der Waals surface area contributed by atoms with Crippen LogP contribution in [0.15, 0.2) is 24.3 Å². The lowest BCUT2D eigenvalue weighted by molar-refractivity contribution is 0.0567. The van der Waals surface area contributed by atoms with Crippen molar-refractivity contribution < 1.29 is 0 Å². The van der Waals surface area contributed by atoms with Crippen molar-refractivity contribution in [1.29, 1.82) is 0 Å². The van der Waals surface area contributed by atoms with Crippen LogP contribution in [-0.4, -0.2) is 23.5 Å². The highest BCUT2D eigenvalue weighted by molar-refractivity contribution is 5.21. The molecule has 0 unspecified atom stereocenters. The lowest BCUT2D eigenvalue weighted by Gasteiger charge is -2.48. The Morgan fingerprint density at radius 2 is 1.88 bits per heavy atom. The third-order valence-corrected chi connectivity index (χ3v) is 3.35. The van der Waals surface area contributed by atoms with Gasteiger partial charge in [-0.05, 0) is 18.9 Å². The number of hydrogen-bond donors (Lipinski definition) is 1. The van der Waals surface area contributed by atoms with Gasteiger partial charge in [0.05, 0.1) is 0 Å². The Morgan fingerprint density at radius 1 is 1.25 bits per heavy atom. The van der Waals surface area contributed by atoms with E-state index in [1.54, 1.807) is 0 Å². The second-order valence-corrected chi connectivity index (χ2v) is 5.24. The SMILES string of the molecule is CCCC1(N)CN(Cc2ccc(C)cc2)C1. The molecular weight excluding hydrogens is 196 g/mol. The normalized spacial score (nSPS) is 19.4. The minimum Gasteiger partial charge on any atom is -0.323 e. The zero-order chi connectivity index (χ0) is 11.6. The van der Waals surface area contributed by atoms with Gasteiger partial charge in [-0.15, -0.1) is 0 Å². The van der Waals surface area contributed by atoms with Gasteiger partial charge in [0.1, 0.15) is 0 Å². The van der Waals surface area contributed by atoms with Crippen LogP contribution in [0.3, 0.4) is 0 Å². The number of benzene rings is 1. The van der Waals surface area contributed by atoms with E-state index in [4.69, 9.17) is 5.73 Å². The molecule has 1 aliphatic rings. The van der Waals surface area contributed by atoms with E-state index in [1.165, 1.54) is 17.5 Å². The molecule has 1 fully saturated rings. The molecule has 2 rings (SSSR count). The van der Waals surface area contributed by atoms with E-state index in [-0.39, 0.29) is 5.54 Å². The lowest BCUT2D eigenvalue weighted by Crippen LogP contribution is -2.66. The van der Waals surface area contributed by atoms with E-state index in [0.717, 1.165) is 26.1 Å². The second kappa shape index (κ2) is 4.56. The summed E-state index contributed by atoms with van der Waals surface area (Å²) >= 11 is 0. The van der Waals surface area contributed by atoms with E-state index >= 15 is 0 Å². The van der Waals surface area contributed by atoms with Gasteiger partial charge in [0.15, 0.2) is 0 Å². The van der Waals surface area contributed by atoms with Gasteiger partial charge in [0.25, 0.3) is 0 Å². The summed E-state index contributed by atoms with van der Waals surface area (Å²) < 4.78 is 0. The fourth-order valence-corrected chi connectivity index (χ4v) is 2.56. The van der Waals surface area contributed by atoms with Crippen molar-refractivity contribution in [3.05, 3.63) is 35.4 Å². The average Bonchev–Trinajstić information content (AvgIpc) is 2.19. The molecule has 2 heteroatoms. The fraction of sp³-hybridized carbons (Fsp3) is 0.571. The van der Waals surface area contributed by atoms with E-state index < -0.39 is 0 Å². The van der Waals surface area contributed by atoms with Crippen LogP contribution in [-0.2, 0) is 6.54 Å². The van der Waals surface area contributed by atoms with Crippen molar-refractivity contribution in [3.8, 4) is 0 Å². The minimum absolute atomic E-state index is 0.0967. The highest BCUT2D eigenvalue weighted by atomic mass is 15.2. The Bertz CT molecular complexity index is 336. The molecule has 0 saturated carbocycles. The van der Waals surface area contributed by atoms with Gasteiger partial charge in [-0.25, -0.2) is 0 Å². The summed E-state index contributed by atoms with van der Waals surface area (Å²) in [7, 11) is 0. The molecule has 0 spiro atoms. The number of aryl methyl sites for hydroxylation is 1. The molecule has 2 N–H and O–H groups in total. The molecule has 88 valence electrons. The van der Waals surface area contributed by atoms with Crippen molar-refractivity contribution in [2.75, 3.05) is 13.1 Å². The summed E-state index contributed by atoms with van der Waals surface area (Å²) in [5.74, 6) is 0. The van der Waals surface area contributed by atoms with Gasteiger partial charge in [-0.3, -0.25) is 4.90 Å². The summed E-state index contributed by atoms with van der Waals surface area (Å²) in [6.07, 6.45) is 2.34. The van der Waals surface area contributed by atoms with Gasteiger partial charge in [-0.1, -0.05) is 43.2 Å². The Balaban J connectivity index is 1.83. The van der Waals surface area contributed by atoms with Gasteiger partial charge in [0.2, 0.25) is 0 Å². The van der Waals surface area contributed by atoms with Crippen molar-refractivity contribution >= 4 is 0 Å². The Hall–Kier alpha value is -0.860. The summed E-state index contributed by atoms with van der Waals surface area (Å²) in [4.78, 5) is 2.43. The van der Waals surface area contributed by atoms with Gasteiger partial charge in [0, 0.05) is 25.2 Å². The zero-order valence-corrected chi connectivity index (χ0v) is 10.4. The monoisotopic (exact) mass is 218 g/mol. The highest BCUT2D eigenvalue weighted by Gasteiger charge is 2.37. The van der Waals surface area contributed by atoms with Crippen molar-refractivity contribution in [2.24, 2.45) is 5.73 Å². The smallest absolute Gasteiger partial charge is 0.0412 e. The highest BCUT2D eigenvalue weighted by Crippen LogP contribution is 2.24. The first-order valence-corrected chi connectivity index (χ1v) is 6.18. The first kappa shape index (κ1) is 11.6. The fourth-order valence-electron chi connectivity index (χ4n) is 2.56. The van der Waals surface area contributed by atoms with Crippen LogP contribution in [0.25, 0.3) is 0 Å². The van der Waals surface area contributed by atoms with Gasteiger partial charge < -0.3 is 5.73 Å². The molecule has 2 nitrogen and oxygen atoms in total. The Labute approximate surface area is 98.4 Å². The largest absolute Gasteiger partial charge is 0.323 e. The van der Waals surface area contributed by atoms with Crippen LogP contribution in [0.5, 0.6) is 0 Å². The van der Waals surface area contributed by atoms with Crippen molar-refractivity contribution in [1.82, 2.24) is 4.90 Å². The molecule has 0 bridgehead atoms. The molecule has 0 aromatic heterocycles. The van der Waals surface area contributed by atoms with E-state index in [1.807, 2.05) is 0 Å². The molecule has 0 aliphatic carbocycles. The first-order valence-electron chi connectivity index (χ1n) is 6.18. The molecule has 1 saturated heterocycles. The molecule has 1 heterocycles. The van der Waals surface area contributed by atoms with Crippen LogP contribution in [0, 0.1) is 6.92 Å².